The van der Waals surface area contributed by atoms with E-state index in [2.05, 4.69) is 15.9 Å². The number of carbonyl (C=O) groups excluding carboxylic acids is 2. The van der Waals surface area contributed by atoms with E-state index in [-0.39, 0.29) is 24.7 Å². The summed E-state index contributed by atoms with van der Waals surface area (Å²) in [6.45, 7) is 2.95. The van der Waals surface area contributed by atoms with Crippen molar-refractivity contribution in [2.75, 3.05) is 26.8 Å². The number of halogens is 1. The Balaban J connectivity index is 2.23. The van der Waals surface area contributed by atoms with Crippen molar-refractivity contribution in [3.05, 3.63) is 28.7 Å². The Hall–Kier alpha value is -1.56. The van der Waals surface area contributed by atoms with Crippen molar-refractivity contribution in [1.29, 1.82) is 0 Å². The normalized spacial score (nSPS) is 10.0. The molecular formula is C15H20BrNO4. The molecule has 0 bridgehead atoms. The molecule has 0 aliphatic heterocycles. The summed E-state index contributed by atoms with van der Waals surface area (Å²) < 4.78 is 11.3. The monoisotopic (exact) mass is 357 g/mol. The van der Waals surface area contributed by atoms with Crippen molar-refractivity contribution in [2.24, 2.45) is 0 Å². The van der Waals surface area contributed by atoms with E-state index in [1.807, 2.05) is 24.3 Å². The summed E-state index contributed by atoms with van der Waals surface area (Å²) in [4.78, 5) is 24.5. The Morgan fingerprint density at radius 3 is 2.48 bits per heavy atom. The van der Waals surface area contributed by atoms with E-state index in [4.69, 9.17) is 9.47 Å². The number of esters is 1. The molecule has 1 aromatic rings. The molecule has 6 heteroatoms. The number of hydrogen-bond donors (Lipinski definition) is 0. The lowest BCUT2D eigenvalue weighted by atomic mass is 10.3. The van der Waals surface area contributed by atoms with Crippen LogP contribution in [0.3, 0.4) is 0 Å². The third-order valence-electron chi connectivity index (χ3n) is 2.78. The minimum Gasteiger partial charge on any atom is -0.492 e. The number of hydrogen-bond acceptors (Lipinski definition) is 4. The molecule has 0 heterocycles. The van der Waals surface area contributed by atoms with Gasteiger partial charge in [0, 0.05) is 17.9 Å². The first-order valence-electron chi connectivity index (χ1n) is 6.81. The molecule has 0 spiro atoms. The van der Waals surface area contributed by atoms with Crippen molar-refractivity contribution in [1.82, 2.24) is 4.90 Å². The van der Waals surface area contributed by atoms with Gasteiger partial charge in [-0.2, -0.15) is 0 Å². The molecule has 0 fully saturated rings. The summed E-state index contributed by atoms with van der Waals surface area (Å²) in [5, 5.41) is 0. The van der Waals surface area contributed by atoms with Crippen molar-refractivity contribution < 1.29 is 19.1 Å². The van der Waals surface area contributed by atoms with Crippen LogP contribution in [0.1, 0.15) is 19.8 Å². The Morgan fingerprint density at radius 1 is 1.19 bits per heavy atom. The summed E-state index contributed by atoms with van der Waals surface area (Å²) in [6, 6.07) is 7.49. The number of rotatable bonds is 8. The first-order valence-corrected chi connectivity index (χ1v) is 7.60. The van der Waals surface area contributed by atoms with Crippen LogP contribution in [0.15, 0.2) is 28.7 Å². The van der Waals surface area contributed by atoms with Crippen molar-refractivity contribution in [3.63, 3.8) is 0 Å². The Morgan fingerprint density at radius 2 is 1.86 bits per heavy atom. The van der Waals surface area contributed by atoms with E-state index in [0.29, 0.717) is 19.8 Å². The second kappa shape index (κ2) is 9.39. The maximum absolute atomic E-state index is 11.8. The van der Waals surface area contributed by atoms with Gasteiger partial charge in [-0.1, -0.05) is 15.9 Å². The number of amides is 1. The van der Waals surface area contributed by atoms with E-state index < -0.39 is 0 Å². The van der Waals surface area contributed by atoms with Crippen LogP contribution >= 0.6 is 15.9 Å². The van der Waals surface area contributed by atoms with Crippen LogP contribution in [0, 0.1) is 0 Å². The lowest BCUT2D eigenvalue weighted by molar-refractivity contribution is -0.145. The quantitative estimate of drug-likeness (QED) is 0.671. The molecule has 0 saturated carbocycles. The topological polar surface area (TPSA) is 55.8 Å². The molecule has 1 rings (SSSR count). The molecule has 0 atom stereocenters. The Kier molecular flexibility index (Phi) is 7.82. The van der Waals surface area contributed by atoms with Gasteiger partial charge in [-0.25, -0.2) is 0 Å². The first kappa shape index (κ1) is 17.5. The van der Waals surface area contributed by atoms with Gasteiger partial charge in [0.05, 0.1) is 19.6 Å². The van der Waals surface area contributed by atoms with Crippen molar-refractivity contribution >= 4 is 27.8 Å². The minimum atomic E-state index is -0.342. The molecule has 0 saturated heterocycles. The smallest absolute Gasteiger partial charge is 0.306 e. The fourth-order valence-corrected chi connectivity index (χ4v) is 1.85. The van der Waals surface area contributed by atoms with Gasteiger partial charge >= 0.3 is 5.97 Å². The van der Waals surface area contributed by atoms with Gasteiger partial charge in [0.1, 0.15) is 12.4 Å². The van der Waals surface area contributed by atoms with Crippen molar-refractivity contribution in [2.45, 2.75) is 19.8 Å². The highest BCUT2D eigenvalue weighted by Crippen LogP contribution is 2.15. The van der Waals surface area contributed by atoms with Gasteiger partial charge in [-0.15, -0.1) is 0 Å². The molecule has 0 radical (unpaired) electrons. The highest BCUT2D eigenvalue weighted by atomic mass is 79.9. The molecule has 0 N–H and O–H groups in total. The molecule has 0 aliphatic carbocycles. The summed E-state index contributed by atoms with van der Waals surface area (Å²) in [7, 11) is 1.69. The molecule has 116 valence electrons. The van der Waals surface area contributed by atoms with Crippen LogP contribution in [0.5, 0.6) is 5.75 Å². The van der Waals surface area contributed by atoms with Crippen LogP contribution in [0.2, 0.25) is 0 Å². The van der Waals surface area contributed by atoms with Gasteiger partial charge in [-0.05, 0) is 31.2 Å². The summed E-state index contributed by atoms with van der Waals surface area (Å²) in [5.41, 5.74) is 0. The molecule has 5 nitrogen and oxygen atoms in total. The average Bonchev–Trinajstić information content (AvgIpc) is 2.47. The lowest BCUT2D eigenvalue weighted by Gasteiger charge is -2.17. The third kappa shape index (κ3) is 7.13. The molecule has 0 aromatic heterocycles. The van der Waals surface area contributed by atoms with Crippen LogP contribution in [-0.2, 0) is 14.3 Å². The largest absolute Gasteiger partial charge is 0.492 e. The van der Waals surface area contributed by atoms with Gasteiger partial charge in [-0.3, -0.25) is 9.59 Å². The maximum atomic E-state index is 11.8. The second-order valence-corrected chi connectivity index (χ2v) is 5.34. The zero-order valence-corrected chi connectivity index (χ0v) is 13.9. The zero-order chi connectivity index (χ0) is 15.7. The fraction of sp³-hybridized carbons (Fsp3) is 0.467. The van der Waals surface area contributed by atoms with Crippen LogP contribution in [0.4, 0.5) is 0 Å². The molecule has 0 unspecified atom stereocenters. The standard InChI is InChI=1S/C15H20BrNO4/c1-3-20-15(19)9-8-14(18)17(2)10-11-21-13-6-4-12(16)5-7-13/h4-7H,3,8-11H2,1-2H3. The van der Waals surface area contributed by atoms with Gasteiger partial charge in [0.2, 0.25) is 5.91 Å². The SMILES string of the molecule is CCOC(=O)CCC(=O)N(C)CCOc1ccc(Br)cc1. The highest BCUT2D eigenvalue weighted by Gasteiger charge is 2.11. The third-order valence-corrected chi connectivity index (χ3v) is 3.31. The van der Waals surface area contributed by atoms with Crippen LogP contribution in [-0.4, -0.2) is 43.6 Å². The van der Waals surface area contributed by atoms with Gasteiger partial charge in [0.25, 0.3) is 0 Å². The highest BCUT2D eigenvalue weighted by molar-refractivity contribution is 9.10. The summed E-state index contributed by atoms with van der Waals surface area (Å²) >= 11 is 3.35. The van der Waals surface area contributed by atoms with Crippen LogP contribution in [0.25, 0.3) is 0 Å². The molecular weight excluding hydrogens is 338 g/mol. The number of benzene rings is 1. The predicted molar refractivity (Wildman–Crippen MR) is 83.1 cm³/mol. The minimum absolute atomic E-state index is 0.0949. The molecule has 0 aliphatic rings. The fourth-order valence-electron chi connectivity index (χ4n) is 1.59. The summed E-state index contributed by atoms with van der Waals surface area (Å²) in [6.07, 6.45) is 0.276. The number of likely N-dealkylation sites (N-methyl/N-ethyl adjacent to an activating group) is 1. The van der Waals surface area contributed by atoms with E-state index in [0.717, 1.165) is 10.2 Å². The molecule has 21 heavy (non-hydrogen) atoms. The summed E-state index contributed by atoms with van der Waals surface area (Å²) in [5.74, 6) is 0.318. The maximum Gasteiger partial charge on any atom is 0.306 e. The zero-order valence-electron chi connectivity index (χ0n) is 12.3. The predicted octanol–water partition coefficient (Wildman–Crippen LogP) is 2.63. The first-order chi connectivity index (χ1) is 10.0. The van der Waals surface area contributed by atoms with Crippen molar-refractivity contribution in [3.8, 4) is 5.75 Å². The average molecular weight is 358 g/mol. The number of nitrogens with zero attached hydrogens (tertiary/aromatic N) is 1. The van der Waals surface area contributed by atoms with E-state index >= 15 is 0 Å². The van der Waals surface area contributed by atoms with E-state index in [9.17, 15) is 9.59 Å². The van der Waals surface area contributed by atoms with E-state index in [1.165, 1.54) is 0 Å². The van der Waals surface area contributed by atoms with E-state index in [1.54, 1.807) is 18.9 Å². The Labute approximate surface area is 133 Å². The number of ether oxygens (including phenoxy) is 2. The molecule has 1 amide bonds. The second-order valence-electron chi connectivity index (χ2n) is 4.42. The molecule has 1 aromatic carbocycles. The lowest BCUT2D eigenvalue weighted by Crippen LogP contribution is -2.31. The van der Waals surface area contributed by atoms with Gasteiger partial charge < -0.3 is 14.4 Å². The Bertz CT molecular complexity index is 461. The number of carbonyl (C=O) groups is 2. The van der Waals surface area contributed by atoms with Gasteiger partial charge in [0.15, 0.2) is 0 Å². The van der Waals surface area contributed by atoms with Crippen LogP contribution < -0.4 is 4.74 Å².